The number of aliphatic hydroxyl groups is 1. The highest BCUT2D eigenvalue weighted by atomic mass is 35.5. The molecule has 0 radical (unpaired) electrons. The number of halogens is 1. The molecule has 4 heteroatoms. The summed E-state index contributed by atoms with van der Waals surface area (Å²) in [6, 6.07) is 15.1. The van der Waals surface area contributed by atoms with Gasteiger partial charge in [0.25, 0.3) is 0 Å². The molecule has 0 saturated carbocycles. The fourth-order valence-electron chi connectivity index (χ4n) is 2.27. The van der Waals surface area contributed by atoms with Crippen LogP contribution in [0.4, 0.5) is 0 Å². The van der Waals surface area contributed by atoms with Gasteiger partial charge in [0.15, 0.2) is 0 Å². The fraction of sp³-hybridized carbons (Fsp3) is 0.118. The highest BCUT2D eigenvalue weighted by Crippen LogP contribution is 2.26. The van der Waals surface area contributed by atoms with E-state index in [-0.39, 0.29) is 0 Å². The molecule has 3 nitrogen and oxygen atoms in total. The molecule has 0 unspecified atom stereocenters. The van der Waals surface area contributed by atoms with Gasteiger partial charge in [0.2, 0.25) is 0 Å². The number of aliphatic hydroxyl groups excluding tert-OH is 1. The summed E-state index contributed by atoms with van der Waals surface area (Å²) in [5, 5.41) is 15.2. The summed E-state index contributed by atoms with van der Waals surface area (Å²) in [6.45, 7) is 0. The van der Waals surface area contributed by atoms with Crippen LogP contribution in [0.2, 0.25) is 5.02 Å². The van der Waals surface area contributed by atoms with Gasteiger partial charge in [-0.2, -0.15) is 5.10 Å². The number of benzene rings is 2. The Morgan fingerprint density at radius 1 is 0.952 bits per heavy atom. The van der Waals surface area contributed by atoms with Crippen molar-refractivity contribution in [1.82, 2.24) is 9.78 Å². The fourth-order valence-corrected chi connectivity index (χ4v) is 2.39. The summed E-state index contributed by atoms with van der Waals surface area (Å²) >= 11 is 5.86. The number of rotatable bonds is 3. The van der Waals surface area contributed by atoms with Crippen molar-refractivity contribution in [2.75, 3.05) is 0 Å². The van der Waals surface area contributed by atoms with Crippen molar-refractivity contribution in [3.63, 3.8) is 0 Å². The molecule has 1 atom stereocenters. The zero-order chi connectivity index (χ0) is 14.8. The molecule has 0 amide bonds. The number of hydrogen-bond acceptors (Lipinski definition) is 2. The third-order valence-corrected chi connectivity index (χ3v) is 3.70. The lowest BCUT2D eigenvalue weighted by Crippen LogP contribution is -1.99. The lowest BCUT2D eigenvalue weighted by Gasteiger charge is -2.12. The van der Waals surface area contributed by atoms with Crippen molar-refractivity contribution in [3.8, 4) is 11.1 Å². The normalized spacial score (nSPS) is 12.3. The van der Waals surface area contributed by atoms with Crippen LogP contribution in [0.1, 0.15) is 17.2 Å². The first-order valence-corrected chi connectivity index (χ1v) is 7.04. The van der Waals surface area contributed by atoms with E-state index in [1.807, 2.05) is 55.8 Å². The zero-order valence-electron chi connectivity index (χ0n) is 11.6. The Hall–Kier alpha value is -2.10. The molecule has 3 rings (SSSR count). The van der Waals surface area contributed by atoms with Gasteiger partial charge in [-0.25, -0.2) is 0 Å². The quantitative estimate of drug-likeness (QED) is 0.798. The van der Waals surface area contributed by atoms with E-state index in [9.17, 15) is 5.11 Å². The third-order valence-electron chi connectivity index (χ3n) is 3.45. The highest BCUT2D eigenvalue weighted by Gasteiger charge is 2.10. The van der Waals surface area contributed by atoms with Crippen LogP contribution in [0.3, 0.4) is 0 Å². The van der Waals surface area contributed by atoms with E-state index in [1.165, 1.54) is 0 Å². The lowest BCUT2D eigenvalue weighted by atomic mass is 9.99. The molecule has 0 spiro atoms. The van der Waals surface area contributed by atoms with Gasteiger partial charge >= 0.3 is 0 Å². The van der Waals surface area contributed by atoms with Crippen LogP contribution in [0.5, 0.6) is 0 Å². The monoisotopic (exact) mass is 298 g/mol. The van der Waals surface area contributed by atoms with Gasteiger partial charge in [-0.3, -0.25) is 4.68 Å². The minimum absolute atomic E-state index is 0.648. The van der Waals surface area contributed by atoms with Crippen molar-refractivity contribution in [1.29, 1.82) is 0 Å². The zero-order valence-corrected chi connectivity index (χ0v) is 12.3. The van der Waals surface area contributed by atoms with E-state index < -0.39 is 6.10 Å². The number of aromatic nitrogens is 2. The standard InChI is InChI=1S/C17H15ClN2O/c1-20-11-15(10-19-20)12-2-4-13(5-3-12)17(21)14-6-8-16(18)9-7-14/h2-11,17,21H,1H3/t17-/m0/s1. The first-order valence-electron chi connectivity index (χ1n) is 6.66. The molecule has 0 aliphatic rings. The maximum atomic E-state index is 10.4. The van der Waals surface area contributed by atoms with Crippen molar-refractivity contribution < 1.29 is 5.11 Å². The van der Waals surface area contributed by atoms with Crippen molar-refractivity contribution in [2.45, 2.75) is 6.10 Å². The van der Waals surface area contributed by atoms with Gasteiger partial charge in [-0.1, -0.05) is 48.0 Å². The van der Waals surface area contributed by atoms with Crippen LogP contribution in [-0.2, 0) is 7.05 Å². The molecule has 0 aliphatic carbocycles. The van der Waals surface area contributed by atoms with Gasteiger partial charge in [-0.15, -0.1) is 0 Å². The summed E-state index contributed by atoms with van der Waals surface area (Å²) in [5.41, 5.74) is 3.82. The maximum Gasteiger partial charge on any atom is 0.104 e. The van der Waals surface area contributed by atoms with E-state index >= 15 is 0 Å². The van der Waals surface area contributed by atoms with Gasteiger partial charge < -0.3 is 5.11 Å². The molecule has 1 aromatic heterocycles. The number of hydrogen-bond donors (Lipinski definition) is 1. The molecule has 3 aromatic rings. The summed E-state index contributed by atoms with van der Waals surface area (Å²) in [4.78, 5) is 0. The average Bonchev–Trinajstić information content (AvgIpc) is 2.94. The van der Waals surface area contributed by atoms with Crippen LogP contribution >= 0.6 is 11.6 Å². The van der Waals surface area contributed by atoms with Gasteiger partial charge in [0, 0.05) is 23.8 Å². The Balaban J connectivity index is 1.85. The number of nitrogens with zero attached hydrogens (tertiary/aromatic N) is 2. The molecule has 1 heterocycles. The van der Waals surface area contributed by atoms with E-state index in [0.29, 0.717) is 5.02 Å². The van der Waals surface area contributed by atoms with Crippen LogP contribution in [0, 0.1) is 0 Å². The van der Waals surface area contributed by atoms with Crippen LogP contribution in [0.25, 0.3) is 11.1 Å². The highest BCUT2D eigenvalue weighted by molar-refractivity contribution is 6.30. The third kappa shape index (κ3) is 2.99. The minimum atomic E-state index is -0.648. The first kappa shape index (κ1) is 13.9. The van der Waals surface area contributed by atoms with E-state index in [2.05, 4.69) is 5.10 Å². The molecule has 0 fully saturated rings. The molecular weight excluding hydrogens is 284 g/mol. The molecular formula is C17H15ClN2O. The second-order valence-electron chi connectivity index (χ2n) is 4.98. The molecule has 1 N–H and O–H groups in total. The Labute approximate surface area is 128 Å². The molecule has 0 aliphatic heterocycles. The summed E-state index contributed by atoms with van der Waals surface area (Å²) in [6.07, 6.45) is 3.14. The number of aryl methyl sites for hydroxylation is 1. The predicted octanol–water partition coefficient (Wildman–Crippen LogP) is 3.82. The largest absolute Gasteiger partial charge is 0.384 e. The van der Waals surface area contributed by atoms with Crippen LogP contribution < -0.4 is 0 Å². The smallest absolute Gasteiger partial charge is 0.104 e. The SMILES string of the molecule is Cn1cc(-c2ccc([C@H](O)c3ccc(Cl)cc3)cc2)cn1. The lowest BCUT2D eigenvalue weighted by molar-refractivity contribution is 0.220. The van der Waals surface area contributed by atoms with Crippen LogP contribution in [-0.4, -0.2) is 14.9 Å². The van der Waals surface area contributed by atoms with Crippen molar-refractivity contribution >= 4 is 11.6 Å². The summed E-state index contributed by atoms with van der Waals surface area (Å²) in [7, 11) is 1.89. The average molecular weight is 299 g/mol. The van der Waals surface area contributed by atoms with Crippen molar-refractivity contribution in [2.24, 2.45) is 7.05 Å². The molecule has 0 saturated heterocycles. The van der Waals surface area contributed by atoms with E-state index in [1.54, 1.807) is 16.8 Å². The van der Waals surface area contributed by atoms with Crippen LogP contribution in [0.15, 0.2) is 60.9 Å². The topological polar surface area (TPSA) is 38.0 Å². The second-order valence-corrected chi connectivity index (χ2v) is 5.42. The summed E-state index contributed by atoms with van der Waals surface area (Å²) in [5.74, 6) is 0. The van der Waals surface area contributed by atoms with Crippen molar-refractivity contribution in [3.05, 3.63) is 77.1 Å². The Kier molecular flexibility index (Phi) is 3.78. The molecule has 106 valence electrons. The molecule has 21 heavy (non-hydrogen) atoms. The summed E-state index contributed by atoms with van der Waals surface area (Å²) < 4.78 is 1.77. The predicted molar refractivity (Wildman–Crippen MR) is 84.2 cm³/mol. The maximum absolute atomic E-state index is 10.4. The van der Waals surface area contributed by atoms with E-state index in [4.69, 9.17) is 11.6 Å². The minimum Gasteiger partial charge on any atom is -0.384 e. The Bertz CT molecular complexity index is 732. The Morgan fingerprint density at radius 3 is 2.05 bits per heavy atom. The molecule has 2 aromatic carbocycles. The van der Waals surface area contributed by atoms with E-state index in [0.717, 1.165) is 22.3 Å². The van der Waals surface area contributed by atoms with Gasteiger partial charge in [0.05, 0.1) is 6.20 Å². The Morgan fingerprint density at radius 2 is 1.52 bits per heavy atom. The molecule has 0 bridgehead atoms. The van der Waals surface area contributed by atoms with Gasteiger partial charge in [0.1, 0.15) is 6.10 Å². The van der Waals surface area contributed by atoms with Gasteiger partial charge in [-0.05, 0) is 28.8 Å². The second kappa shape index (κ2) is 5.72. The first-order chi connectivity index (χ1) is 10.1.